The topological polar surface area (TPSA) is 79.1 Å². The van der Waals surface area contributed by atoms with Crippen LogP contribution in [-0.2, 0) is 0 Å². The zero-order valence-corrected chi connectivity index (χ0v) is 14.8. The number of rotatable bonds is 3. The van der Waals surface area contributed by atoms with Crippen LogP contribution in [0.25, 0.3) is 0 Å². The molecule has 26 heavy (non-hydrogen) atoms. The third-order valence-corrected chi connectivity index (χ3v) is 5.35. The number of fused-ring (bicyclic) bond motifs is 1. The van der Waals surface area contributed by atoms with Gasteiger partial charge in [-0.25, -0.2) is 0 Å². The quantitative estimate of drug-likeness (QED) is 0.832. The van der Waals surface area contributed by atoms with E-state index >= 15 is 0 Å². The molecular formula is C19H17ClN4O2. The number of para-hydroxylation sites is 1. The van der Waals surface area contributed by atoms with Gasteiger partial charge in [-0.15, -0.1) is 10.2 Å². The van der Waals surface area contributed by atoms with Crippen LogP contribution in [0.3, 0.4) is 0 Å². The van der Waals surface area contributed by atoms with Gasteiger partial charge in [0.05, 0.1) is 11.7 Å². The van der Waals surface area contributed by atoms with Gasteiger partial charge in [0.15, 0.2) is 10.8 Å². The summed E-state index contributed by atoms with van der Waals surface area (Å²) in [5, 5.41) is 17.1. The van der Waals surface area contributed by atoms with E-state index in [0.717, 1.165) is 12.8 Å². The van der Waals surface area contributed by atoms with E-state index in [2.05, 4.69) is 16.3 Å². The number of benzene rings is 1. The lowest BCUT2D eigenvalue weighted by molar-refractivity contribution is 0.0763. The summed E-state index contributed by atoms with van der Waals surface area (Å²) in [6.45, 7) is 1.40. The molecule has 3 atom stereocenters. The number of halogens is 1. The summed E-state index contributed by atoms with van der Waals surface area (Å²) in [5.74, 6) is 1.37. The molecule has 7 heteroatoms. The van der Waals surface area contributed by atoms with E-state index in [1.807, 2.05) is 23.1 Å². The maximum Gasteiger partial charge on any atom is 0.274 e. The Morgan fingerprint density at radius 2 is 1.88 bits per heavy atom. The van der Waals surface area contributed by atoms with E-state index < -0.39 is 0 Å². The summed E-state index contributed by atoms with van der Waals surface area (Å²) in [5.41, 5.74) is 0.882. The Labute approximate surface area is 156 Å². The molecule has 0 bridgehead atoms. The Balaban J connectivity index is 1.37. The van der Waals surface area contributed by atoms with Crippen molar-refractivity contribution in [1.82, 2.24) is 15.1 Å². The smallest absolute Gasteiger partial charge is 0.274 e. The van der Waals surface area contributed by atoms with Gasteiger partial charge in [-0.05, 0) is 48.9 Å². The van der Waals surface area contributed by atoms with Crippen LogP contribution in [0.5, 0.6) is 5.75 Å². The number of nitriles is 1. The van der Waals surface area contributed by atoms with Gasteiger partial charge in [0.25, 0.3) is 5.91 Å². The van der Waals surface area contributed by atoms with Crippen LogP contribution in [0, 0.1) is 23.2 Å². The predicted molar refractivity (Wildman–Crippen MR) is 94.7 cm³/mol. The molecule has 6 nitrogen and oxygen atoms in total. The third-order valence-electron chi connectivity index (χ3n) is 5.15. The number of nitrogens with zero attached hydrogens (tertiary/aromatic N) is 4. The maximum atomic E-state index is 12.6. The molecule has 0 N–H and O–H groups in total. The minimum Gasteiger partial charge on any atom is -0.489 e. The monoisotopic (exact) mass is 368 g/mol. The van der Waals surface area contributed by atoms with Crippen LogP contribution >= 0.6 is 11.6 Å². The fourth-order valence-corrected chi connectivity index (χ4v) is 4.04. The molecule has 2 aliphatic rings. The zero-order valence-electron chi connectivity index (χ0n) is 14.0. The van der Waals surface area contributed by atoms with Gasteiger partial charge in [-0.1, -0.05) is 23.7 Å². The van der Waals surface area contributed by atoms with Crippen molar-refractivity contribution in [3.63, 3.8) is 0 Å². The average molecular weight is 369 g/mol. The number of carbonyl (C=O) groups is 1. The van der Waals surface area contributed by atoms with Crippen LogP contribution in [0.4, 0.5) is 0 Å². The summed E-state index contributed by atoms with van der Waals surface area (Å²) in [6, 6.07) is 12.7. The molecule has 1 aromatic heterocycles. The average Bonchev–Trinajstić information content (AvgIpc) is 3.21. The second-order valence-electron chi connectivity index (χ2n) is 6.79. The largest absolute Gasteiger partial charge is 0.489 e. The van der Waals surface area contributed by atoms with Crippen LogP contribution in [0.1, 0.15) is 28.9 Å². The highest BCUT2D eigenvalue weighted by Crippen LogP contribution is 2.40. The first-order chi connectivity index (χ1) is 12.6. The number of hydrogen-bond donors (Lipinski definition) is 0. The van der Waals surface area contributed by atoms with Gasteiger partial charge in [0, 0.05) is 13.1 Å². The second kappa shape index (κ2) is 6.93. The van der Waals surface area contributed by atoms with Gasteiger partial charge >= 0.3 is 0 Å². The Hall–Kier alpha value is -2.65. The fraction of sp³-hybridized carbons (Fsp3) is 0.368. The Morgan fingerprint density at radius 1 is 1.15 bits per heavy atom. The van der Waals surface area contributed by atoms with Crippen molar-refractivity contribution in [1.29, 1.82) is 5.26 Å². The molecule has 0 radical (unpaired) electrons. The number of hydrogen-bond acceptors (Lipinski definition) is 5. The number of aromatic nitrogens is 2. The molecule has 132 valence electrons. The van der Waals surface area contributed by atoms with E-state index in [-0.39, 0.29) is 17.2 Å². The summed E-state index contributed by atoms with van der Waals surface area (Å²) in [6.07, 6.45) is 1.87. The predicted octanol–water partition coefficient (Wildman–Crippen LogP) is 2.93. The SMILES string of the molecule is N#Cc1ccccc1OC1C[C@@H]2CN(C(=O)c3ccc(Cl)nn3)C[C@@H]2C1. The minimum atomic E-state index is -0.101. The lowest BCUT2D eigenvalue weighted by Gasteiger charge is -2.20. The lowest BCUT2D eigenvalue weighted by Crippen LogP contribution is -2.31. The van der Waals surface area contributed by atoms with E-state index in [9.17, 15) is 10.1 Å². The molecule has 1 aliphatic carbocycles. The highest BCUT2D eigenvalue weighted by molar-refractivity contribution is 6.29. The van der Waals surface area contributed by atoms with Crippen molar-refractivity contribution in [2.24, 2.45) is 11.8 Å². The minimum absolute atomic E-state index is 0.0899. The molecule has 2 aromatic rings. The van der Waals surface area contributed by atoms with Crippen LogP contribution in [-0.4, -0.2) is 40.2 Å². The van der Waals surface area contributed by atoms with E-state index in [1.54, 1.807) is 18.2 Å². The molecular weight excluding hydrogens is 352 g/mol. The lowest BCUT2D eigenvalue weighted by atomic mass is 10.0. The number of ether oxygens (including phenoxy) is 1. The van der Waals surface area contributed by atoms with Gasteiger partial charge in [0.1, 0.15) is 11.8 Å². The number of likely N-dealkylation sites (tertiary alicyclic amines) is 1. The van der Waals surface area contributed by atoms with Crippen molar-refractivity contribution < 1.29 is 9.53 Å². The van der Waals surface area contributed by atoms with Gasteiger partial charge < -0.3 is 9.64 Å². The van der Waals surface area contributed by atoms with Crippen molar-refractivity contribution in [3.8, 4) is 11.8 Å². The molecule has 1 unspecified atom stereocenters. The zero-order chi connectivity index (χ0) is 18.1. The van der Waals surface area contributed by atoms with Gasteiger partial charge in [-0.2, -0.15) is 5.26 Å². The molecule has 1 saturated carbocycles. The first kappa shape index (κ1) is 16.8. The standard InChI is InChI=1S/C19H17ClN4O2/c20-18-6-5-16(22-23-18)19(25)24-10-13-7-15(8-14(13)11-24)26-17-4-2-1-3-12(17)9-21/h1-6,13-15H,7-8,10-11H2/t13-,14+,15?. The molecule has 1 saturated heterocycles. The first-order valence-corrected chi connectivity index (χ1v) is 8.96. The molecule has 2 heterocycles. The van der Waals surface area contributed by atoms with Crippen molar-refractivity contribution in [3.05, 3.63) is 52.8 Å². The van der Waals surface area contributed by atoms with Crippen molar-refractivity contribution in [2.75, 3.05) is 13.1 Å². The highest BCUT2D eigenvalue weighted by Gasteiger charge is 2.43. The van der Waals surface area contributed by atoms with Crippen molar-refractivity contribution in [2.45, 2.75) is 18.9 Å². The van der Waals surface area contributed by atoms with Crippen LogP contribution in [0.2, 0.25) is 5.15 Å². The van der Waals surface area contributed by atoms with Gasteiger partial charge in [-0.3, -0.25) is 4.79 Å². The second-order valence-corrected chi connectivity index (χ2v) is 7.18. The van der Waals surface area contributed by atoms with E-state index in [1.165, 1.54) is 0 Å². The number of amides is 1. The normalized spacial score (nSPS) is 24.2. The molecule has 4 rings (SSSR count). The first-order valence-electron chi connectivity index (χ1n) is 8.58. The Bertz CT molecular complexity index is 851. The molecule has 2 fully saturated rings. The summed E-state index contributed by atoms with van der Waals surface area (Å²) < 4.78 is 6.06. The summed E-state index contributed by atoms with van der Waals surface area (Å²) >= 11 is 5.73. The van der Waals surface area contributed by atoms with Crippen LogP contribution < -0.4 is 4.74 Å². The van der Waals surface area contributed by atoms with E-state index in [0.29, 0.717) is 41.9 Å². The summed E-state index contributed by atoms with van der Waals surface area (Å²) in [7, 11) is 0. The maximum absolute atomic E-state index is 12.6. The third kappa shape index (κ3) is 3.23. The van der Waals surface area contributed by atoms with Gasteiger partial charge in [0.2, 0.25) is 0 Å². The Kier molecular flexibility index (Phi) is 4.48. The molecule has 0 spiro atoms. The van der Waals surface area contributed by atoms with E-state index in [4.69, 9.17) is 16.3 Å². The summed E-state index contributed by atoms with van der Waals surface area (Å²) in [4.78, 5) is 14.4. The van der Waals surface area contributed by atoms with Crippen LogP contribution in [0.15, 0.2) is 36.4 Å². The highest BCUT2D eigenvalue weighted by atomic mass is 35.5. The molecule has 1 aromatic carbocycles. The Morgan fingerprint density at radius 3 is 2.54 bits per heavy atom. The molecule has 1 amide bonds. The fourth-order valence-electron chi connectivity index (χ4n) is 3.94. The number of carbonyl (C=O) groups excluding carboxylic acids is 1. The van der Waals surface area contributed by atoms with Crippen molar-refractivity contribution >= 4 is 17.5 Å². The molecule has 1 aliphatic heterocycles.